The van der Waals surface area contributed by atoms with E-state index in [0.717, 1.165) is 36.8 Å². The normalized spacial score (nSPS) is 21.1. The fraction of sp³-hybridized carbons (Fsp3) is 0.304. The standard InChI is InChI=1S/C23H20Cl2N2O2/c1-12-18(22(28)13-5-3-2-4-6-13)23(29)19-20(25)16(24)11-15-14-7-9-26-10-8-17(14)27(12)21(15)19/h2-6,11-12,18,26H,7-10H2,1H3. The molecule has 1 aromatic heterocycles. The van der Waals surface area contributed by atoms with E-state index >= 15 is 0 Å². The number of nitrogens with one attached hydrogen (secondary N) is 1. The Morgan fingerprint density at radius 3 is 2.62 bits per heavy atom. The number of ketones is 2. The molecule has 2 atom stereocenters. The number of aromatic nitrogens is 1. The van der Waals surface area contributed by atoms with Crippen LogP contribution in [0.4, 0.5) is 0 Å². The molecule has 3 aromatic rings. The topological polar surface area (TPSA) is 51.1 Å². The molecule has 0 amide bonds. The minimum atomic E-state index is -0.822. The predicted molar refractivity (Wildman–Crippen MR) is 116 cm³/mol. The summed E-state index contributed by atoms with van der Waals surface area (Å²) in [6, 6.07) is 10.6. The lowest BCUT2D eigenvalue weighted by atomic mass is 9.82. The lowest BCUT2D eigenvalue weighted by Gasteiger charge is -2.31. The lowest BCUT2D eigenvalue weighted by Crippen LogP contribution is -2.37. The molecule has 0 bridgehead atoms. The van der Waals surface area contributed by atoms with Crippen LogP contribution in [0, 0.1) is 5.92 Å². The molecular weight excluding hydrogens is 407 g/mol. The van der Waals surface area contributed by atoms with E-state index in [-0.39, 0.29) is 22.6 Å². The minimum absolute atomic E-state index is 0.174. The predicted octanol–water partition coefficient (Wildman–Crippen LogP) is 4.89. The van der Waals surface area contributed by atoms with Crippen molar-refractivity contribution in [3.05, 3.63) is 68.8 Å². The van der Waals surface area contributed by atoms with E-state index in [4.69, 9.17) is 23.2 Å². The molecule has 0 fully saturated rings. The van der Waals surface area contributed by atoms with E-state index < -0.39 is 5.92 Å². The molecule has 2 aromatic carbocycles. The van der Waals surface area contributed by atoms with Crippen molar-refractivity contribution < 1.29 is 9.59 Å². The molecule has 0 aliphatic carbocycles. The Hall–Kier alpha value is -2.14. The molecule has 148 valence electrons. The zero-order valence-corrected chi connectivity index (χ0v) is 17.5. The second kappa shape index (κ2) is 6.98. The third-order valence-electron chi connectivity index (χ3n) is 6.25. The van der Waals surface area contributed by atoms with Gasteiger partial charge in [-0.15, -0.1) is 0 Å². The number of hydrogen-bond donors (Lipinski definition) is 1. The van der Waals surface area contributed by atoms with Crippen molar-refractivity contribution in [1.82, 2.24) is 9.88 Å². The summed E-state index contributed by atoms with van der Waals surface area (Å²) in [6.45, 7) is 3.70. The average molecular weight is 427 g/mol. The number of hydrogen-bond acceptors (Lipinski definition) is 3. The minimum Gasteiger partial charge on any atom is -0.340 e. The monoisotopic (exact) mass is 426 g/mol. The SMILES string of the molecule is CC1C(C(=O)c2ccccc2)C(=O)c2c(Cl)c(Cl)cc3c4c(n1c23)CCNCC4. The van der Waals surface area contributed by atoms with Crippen LogP contribution in [0.15, 0.2) is 36.4 Å². The van der Waals surface area contributed by atoms with Gasteiger partial charge in [-0.25, -0.2) is 0 Å². The summed E-state index contributed by atoms with van der Waals surface area (Å²) in [5.41, 5.74) is 4.15. The van der Waals surface area contributed by atoms with Crippen LogP contribution in [0.25, 0.3) is 10.9 Å². The summed E-state index contributed by atoms with van der Waals surface area (Å²) >= 11 is 13.0. The van der Waals surface area contributed by atoms with Crippen LogP contribution in [-0.2, 0) is 12.8 Å². The van der Waals surface area contributed by atoms with Gasteiger partial charge in [-0.05, 0) is 31.5 Å². The Morgan fingerprint density at radius 2 is 1.86 bits per heavy atom. The molecule has 0 spiro atoms. The molecule has 0 saturated heterocycles. The highest BCUT2D eigenvalue weighted by Crippen LogP contribution is 2.46. The summed E-state index contributed by atoms with van der Waals surface area (Å²) < 4.78 is 2.18. The molecule has 0 radical (unpaired) electrons. The number of halogens is 2. The summed E-state index contributed by atoms with van der Waals surface area (Å²) in [6.07, 6.45) is 1.69. The molecule has 29 heavy (non-hydrogen) atoms. The third-order valence-corrected chi connectivity index (χ3v) is 7.03. The molecule has 6 heteroatoms. The Morgan fingerprint density at radius 1 is 1.14 bits per heavy atom. The maximum Gasteiger partial charge on any atom is 0.179 e. The van der Waals surface area contributed by atoms with Gasteiger partial charge in [0.15, 0.2) is 11.6 Å². The van der Waals surface area contributed by atoms with Crippen LogP contribution in [0.5, 0.6) is 0 Å². The Kier molecular flexibility index (Phi) is 4.54. The Bertz CT molecular complexity index is 1170. The molecule has 2 aliphatic rings. The van der Waals surface area contributed by atoms with Gasteiger partial charge in [0.2, 0.25) is 0 Å². The van der Waals surface area contributed by atoms with Gasteiger partial charge >= 0.3 is 0 Å². The van der Waals surface area contributed by atoms with Crippen molar-refractivity contribution in [3.63, 3.8) is 0 Å². The summed E-state index contributed by atoms with van der Waals surface area (Å²) in [5, 5.41) is 5.02. The van der Waals surface area contributed by atoms with Gasteiger partial charge in [0.05, 0.1) is 21.1 Å². The molecule has 0 saturated carbocycles. The van der Waals surface area contributed by atoms with Gasteiger partial charge in [-0.3, -0.25) is 9.59 Å². The molecule has 1 N–H and O–H groups in total. The Labute approximate surface area is 178 Å². The number of carbonyl (C=O) groups is 2. The first-order chi connectivity index (χ1) is 14.0. The van der Waals surface area contributed by atoms with E-state index in [0.29, 0.717) is 16.1 Å². The molecule has 3 heterocycles. The van der Waals surface area contributed by atoms with E-state index in [1.165, 1.54) is 11.3 Å². The zero-order chi connectivity index (χ0) is 20.3. The molecule has 4 nitrogen and oxygen atoms in total. The second-order valence-corrected chi connectivity index (χ2v) is 8.59. The smallest absolute Gasteiger partial charge is 0.179 e. The van der Waals surface area contributed by atoms with Crippen molar-refractivity contribution in [2.75, 3.05) is 13.1 Å². The quantitative estimate of drug-likeness (QED) is 0.468. The third kappa shape index (κ3) is 2.70. The van der Waals surface area contributed by atoms with E-state index in [1.54, 1.807) is 12.1 Å². The van der Waals surface area contributed by atoms with Crippen LogP contribution in [-0.4, -0.2) is 29.2 Å². The number of nitrogens with zero attached hydrogens (tertiary/aromatic N) is 1. The maximum atomic E-state index is 13.6. The first-order valence-corrected chi connectivity index (χ1v) is 10.6. The van der Waals surface area contributed by atoms with Gasteiger partial charge in [-0.2, -0.15) is 0 Å². The van der Waals surface area contributed by atoms with Crippen molar-refractivity contribution in [2.45, 2.75) is 25.8 Å². The van der Waals surface area contributed by atoms with Crippen LogP contribution in [0.2, 0.25) is 10.0 Å². The fourth-order valence-corrected chi connectivity index (χ4v) is 5.39. The zero-order valence-electron chi connectivity index (χ0n) is 16.0. The van der Waals surface area contributed by atoms with E-state index in [1.807, 2.05) is 31.2 Å². The maximum absolute atomic E-state index is 13.6. The first kappa shape index (κ1) is 18.9. The molecular formula is C23H20Cl2N2O2. The van der Waals surface area contributed by atoms with Gasteiger partial charge in [0.1, 0.15) is 5.92 Å². The van der Waals surface area contributed by atoms with E-state index in [9.17, 15) is 9.59 Å². The van der Waals surface area contributed by atoms with Crippen molar-refractivity contribution in [3.8, 4) is 0 Å². The highest BCUT2D eigenvalue weighted by molar-refractivity contribution is 6.46. The second-order valence-electron chi connectivity index (χ2n) is 7.80. The van der Waals surface area contributed by atoms with Crippen LogP contribution in [0.3, 0.4) is 0 Å². The number of Topliss-reactive ketones (excluding diaryl/α,β-unsaturated/α-hetero) is 2. The van der Waals surface area contributed by atoms with Gasteiger partial charge in [0.25, 0.3) is 0 Å². The van der Waals surface area contributed by atoms with Crippen molar-refractivity contribution in [2.24, 2.45) is 5.92 Å². The highest BCUT2D eigenvalue weighted by atomic mass is 35.5. The summed E-state index contributed by atoms with van der Waals surface area (Å²) in [4.78, 5) is 27.0. The number of rotatable bonds is 2. The van der Waals surface area contributed by atoms with Gasteiger partial charge in [0, 0.05) is 35.7 Å². The highest BCUT2D eigenvalue weighted by Gasteiger charge is 2.43. The summed E-state index contributed by atoms with van der Waals surface area (Å²) in [5.74, 6) is -1.23. The number of carbonyl (C=O) groups excluding carboxylic acids is 2. The molecule has 2 unspecified atom stereocenters. The lowest BCUT2D eigenvalue weighted by molar-refractivity contribution is 0.0756. The first-order valence-electron chi connectivity index (χ1n) is 9.88. The van der Waals surface area contributed by atoms with Crippen molar-refractivity contribution >= 4 is 45.7 Å². The van der Waals surface area contributed by atoms with E-state index in [2.05, 4.69) is 9.88 Å². The van der Waals surface area contributed by atoms with Gasteiger partial charge < -0.3 is 9.88 Å². The average Bonchev–Trinajstić information content (AvgIpc) is 2.87. The molecule has 5 rings (SSSR count). The van der Waals surface area contributed by atoms with Crippen LogP contribution >= 0.6 is 23.2 Å². The summed E-state index contributed by atoms with van der Waals surface area (Å²) in [7, 11) is 0. The van der Waals surface area contributed by atoms with Gasteiger partial charge in [-0.1, -0.05) is 53.5 Å². The van der Waals surface area contributed by atoms with Crippen LogP contribution < -0.4 is 5.32 Å². The Balaban J connectivity index is 1.79. The number of benzene rings is 2. The fourth-order valence-electron chi connectivity index (χ4n) is 4.95. The molecule has 2 aliphatic heterocycles. The van der Waals surface area contributed by atoms with Crippen molar-refractivity contribution in [1.29, 1.82) is 0 Å². The largest absolute Gasteiger partial charge is 0.340 e. The number of fused-ring (bicyclic) bond motifs is 3. The van der Waals surface area contributed by atoms with Crippen LogP contribution in [0.1, 0.15) is 44.9 Å².